The van der Waals surface area contributed by atoms with Crippen molar-refractivity contribution in [2.45, 2.75) is 43.8 Å². The number of unbranched alkanes of at least 4 members (excludes halogenated alkanes) is 2. The van der Waals surface area contributed by atoms with Gasteiger partial charge in [0.15, 0.2) is 17.7 Å². The van der Waals surface area contributed by atoms with Crippen LogP contribution < -0.4 is 5.73 Å². The molecule has 0 spiro atoms. The fraction of sp³-hybridized carbons (Fsp3) is 0.500. The minimum atomic E-state index is -1.26. The molecule has 1 fully saturated rings. The predicted molar refractivity (Wildman–Crippen MR) is 89.1 cm³/mol. The number of nitrogens with zero attached hydrogens (tertiary/aromatic N) is 5. The first kappa shape index (κ1) is 18.0. The Morgan fingerprint density at radius 2 is 2.08 bits per heavy atom. The molecule has 1 aliphatic heterocycles. The number of fused-ring (bicyclic) bond motifs is 1. The van der Waals surface area contributed by atoms with Gasteiger partial charge < -0.3 is 25.8 Å². The van der Waals surface area contributed by atoms with Gasteiger partial charge in [-0.3, -0.25) is 4.57 Å². The number of nitrogens with two attached hydrogens (primary N) is 1. The van der Waals surface area contributed by atoms with Crippen LogP contribution in [-0.4, -0.2) is 59.8 Å². The van der Waals surface area contributed by atoms with Crippen LogP contribution in [0, 0.1) is 23.2 Å². The number of aromatic nitrogens is 4. The maximum absolute atomic E-state index is 10.2. The molecule has 0 saturated carbocycles. The summed E-state index contributed by atoms with van der Waals surface area (Å²) in [7, 11) is 0. The first-order valence-corrected chi connectivity index (χ1v) is 8.05. The van der Waals surface area contributed by atoms with E-state index in [0.29, 0.717) is 30.4 Å². The molecule has 2 aromatic rings. The Labute approximate surface area is 148 Å². The molecule has 0 bridgehead atoms. The summed E-state index contributed by atoms with van der Waals surface area (Å²) in [5.74, 6) is 5.97. The van der Waals surface area contributed by atoms with Gasteiger partial charge in [-0.1, -0.05) is 5.92 Å². The number of nitriles is 1. The minimum Gasteiger partial charge on any atom is -0.394 e. The van der Waals surface area contributed by atoms with Crippen LogP contribution in [0.3, 0.4) is 0 Å². The standard InChI is InChI=1S/C16H18N6O4/c17-6-4-2-1-3-5-10-20-14(18)11-15(21-10)22(8-19-11)16-13(25)12(24)9(7-23)26-16/h8-9,12-13,16,23-25H,1-2,4,7H2,(H2,18,20,21)/t9-,12-,13-,16-/m1/s1. The number of aliphatic hydroxyl groups is 3. The minimum absolute atomic E-state index is 0.127. The molecule has 4 atom stereocenters. The van der Waals surface area contributed by atoms with Crippen LogP contribution in [0.25, 0.3) is 11.2 Å². The number of imidazole rings is 1. The molecule has 10 nitrogen and oxygen atoms in total. The van der Waals surface area contributed by atoms with Gasteiger partial charge >= 0.3 is 0 Å². The number of anilines is 1. The molecule has 3 heterocycles. The largest absolute Gasteiger partial charge is 0.394 e. The summed E-state index contributed by atoms with van der Waals surface area (Å²) in [4.78, 5) is 12.5. The Balaban J connectivity index is 1.92. The van der Waals surface area contributed by atoms with E-state index in [1.165, 1.54) is 10.9 Å². The normalized spacial score (nSPS) is 25.0. The first-order valence-electron chi connectivity index (χ1n) is 8.05. The van der Waals surface area contributed by atoms with Crippen LogP contribution in [0.1, 0.15) is 31.3 Å². The van der Waals surface area contributed by atoms with Crippen molar-refractivity contribution in [3.8, 4) is 17.9 Å². The van der Waals surface area contributed by atoms with Gasteiger partial charge in [-0.05, 0) is 12.3 Å². The Bertz CT molecular complexity index is 896. The van der Waals surface area contributed by atoms with E-state index in [4.69, 9.17) is 15.7 Å². The maximum Gasteiger partial charge on any atom is 0.208 e. The highest BCUT2D eigenvalue weighted by molar-refractivity contribution is 5.82. The van der Waals surface area contributed by atoms with E-state index < -0.39 is 31.1 Å². The zero-order valence-corrected chi connectivity index (χ0v) is 13.8. The molecule has 136 valence electrons. The third-order valence-electron chi connectivity index (χ3n) is 4.03. The molecular formula is C16H18N6O4. The van der Waals surface area contributed by atoms with Crippen molar-refractivity contribution >= 4 is 17.0 Å². The van der Waals surface area contributed by atoms with E-state index in [1.54, 1.807) is 0 Å². The molecule has 0 unspecified atom stereocenters. The van der Waals surface area contributed by atoms with Gasteiger partial charge in [0.25, 0.3) is 0 Å². The van der Waals surface area contributed by atoms with Gasteiger partial charge in [-0.25, -0.2) is 15.0 Å². The lowest BCUT2D eigenvalue weighted by molar-refractivity contribution is -0.0511. The molecule has 0 aromatic carbocycles. The van der Waals surface area contributed by atoms with Crippen molar-refractivity contribution in [1.82, 2.24) is 19.5 Å². The second-order valence-corrected chi connectivity index (χ2v) is 5.80. The second kappa shape index (κ2) is 7.64. The molecule has 3 rings (SSSR count). The Morgan fingerprint density at radius 1 is 1.27 bits per heavy atom. The Kier molecular flexibility index (Phi) is 5.30. The van der Waals surface area contributed by atoms with Crippen molar-refractivity contribution in [3.63, 3.8) is 0 Å². The first-order chi connectivity index (χ1) is 12.6. The zero-order valence-electron chi connectivity index (χ0n) is 13.8. The third-order valence-corrected chi connectivity index (χ3v) is 4.03. The van der Waals surface area contributed by atoms with Gasteiger partial charge in [0.05, 0.1) is 19.0 Å². The highest BCUT2D eigenvalue weighted by atomic mass is 16.6. The average molecular weight is 358 g/mol. The number of aliphatic hydroxyl groups excluding tert-OH is 3. The summed E-state index contributed by atoms with van der Waals surface area (Å²) in [6, 6.07) is 2.04. The summed E-state index contributed by atoms with van der Waals surface area (Å²) in [6.45, 7) is -0.433. The second-order valence-electron chi connectivity index (χ2n) is 5.80. The fourth-order valence-corrected chi connectivity index (χ4v) is 2.69. The van der Waals surface area contributed by atoms with E-state index in [2.05, 4.69) is 26.8 Å². The fourth-order valence-electron chi connectivity index (χ4n) is 2.69. The molecule has 0 aliphatic carbocycles. The van der Waals surface area contributed by atoms with Crippen LogP contribution in [0.15, 0.2) is 6.33 Å². The maximum atomic E-state index is 10.2. The molecule has 1 saturated heterocycles. The summed E-state index contributed by atoms with van der Waals surface area (Å²) in [5.41, 5.74) is 6.52. The number of nitrogen functional groups attached to an aromatic ring is 1. The van der Waals surface area contributed by atoms with Crippen molar-refractivity contribution in [2.24, 2.45) is 0 Å². The highest BCUT2D eigenvalue weighted by Gasteiger charge is 2.44. The summed E-state index contributed by atoms with van der Waals surface area (Å²) in [6.07, 6.45) is -1.40. The van der Waals surface area contributed by atoms with Crippen LogP contribution in [0.5, 0.6) is 0 Å². The van der Waals surface area contributed by atoms with Crippen LogP contribution >= 0.6 is 0 Å². The molecule has 10 heteroatoms. The van der Waals surface area contributed by atoms with E-state index >= 15 is 0 Å². The Hall–Kier alpha value is -2.76. The van der Waals surface area contributed by atoms with Gasteiger partial charge in [0.2, 0.25) is 5.82 Å². The predicted octanol–water partition coefficient (Wildman–Crippen LogP) is -0.935. The smallest absolute Gasteiger partial charge is 0.208 e. The van der Waals surface area contributed by atoms with Crippen molar-refractivity contribution in [3.05, 3.63) is 12.2 Å². The van der Waals surface area contributed by atoms with Crippen molar-refractivity contribution in [2.75, 3.05) is 12.3 Å². The lowest BCUT2D eigenvalue weighted by Gasteiger charge is -2.16. The lowest BCUT2D eigenvalue weighted by Crippen LogP contribution is -2.33. The van der Waals surface area contributed by atoms with Crippen molar-refractivity contribution in [1.29, 1.82) is 5.26 Å². The molecule has 1 aliphatic rings. The highest BCUT2D eigenvalue weighted by Crippen LogP contribution is 2.31. The molecule has 26 heavy (non-hydrogen) atoms. The molecule has 0 radical (unpaired) electrons. The van der Waals surface area contributed by atoms with Crippen molar-refractivity contribution < 1.29 is 20.1 Å². The van der Waals surface area contributed by atoms with E-state index in [-0.39, 0.29) is 11.6 Å². The number of rotatable bonds is 4. The molecule has 0 amide bonds. The average Bonchev–Trinajstić information content (AvgIpc) is 3.17. The molecule has 2 aromatic heterocycles. The summed E-state index contributed by atoms with van der Waals surface area (Å²) >= 11 is 0. The lowest BCUT2D eigenvalue weighted by atomic mass is 10.1. The summed E-state index contributed by atoms with van der Waals surface area (Å²) < 4.78 is 6.93. The third kappa shape index (κ3) is 3.31. The van der Waals surface area contributed by atoms with Crippen LogP contribution in [-0.2, 0) is 4.74 Å². The number of hydrogen-bond acceptors (Lipinski definition) is 9. The quantitative estimate of drug-likeness (QED) is 0.399. The van der Waals surface area contributed by atoms with Crippen LogP contribution in [0.2, 0.25) is 0 Å². The van der Waals surface area contributed by atoms with Gasteiger partial charge in [0.1, 0.15) is 23.8 Å². The van der Waals surface area contributed by atoms with E-state index in [0.717, 1.165) is 0 Å². The SMILES string of the molecule is N#CCCCC#Cc1nc(N)c2ncn([C@@H]3O[C@H](CO)[C@@H](O)[C@H]3O)c2n1. The van der Waals surface area contributed by atoms with E-state index in [9.17, 15) is 15.3 Å². The Morgan fingerprint density at radius 3 is 2.77 bits per heavy atom. The van der Waals surface area contributed by atoms with Gasteiger partial charge in [0, 0.05) is 12.8 Å². The number of hydrogen-bond donors (Lipinski definition) is 4. The van der Waals surface area contributed by atoms with Gasteiger partial charge in [-0.15, -0.1) is 0 Å². The zero-order chi connectivity index (χ0) is 18.7. The van der Waals surface area contributed by atoms with Crippen LogP contribution in [0.4, 0.5) is 5.82 Å². The van der Waals surface area contributed by atoms with E-state index in [1.807, 2.05) is 6.07 Å². The topological polar surface area (TPSA) is 163 Å². The molecular weight excluding hydrogens is 340 g/mol. The monoisotopic (exact) mass is 358 g/mol. The van der Waals surface area contributed by atoms with Gasteiger partial charge in [-0.2, -0.15) is 5.26 Å². The summed E-state index contributed by atoms with van der Waals surface area (Å²) in [5, 5.41) is 37.8. The number of ether oxygens (including phenoxy) is 1. The molecule has 5 N–H and O–H groups in total.